The summed E-state index contributed by atoms with van der Waals surface area (Å²) in [6.45, 7) is 3.15. The number of benzene rings is 1. The van der Waals surface area contributed by atoms with Crippen molar-refractivity contribution in [1.82, 2.24) is 5.32 Å². The summed E-state index contributed by atoms with van der Waals surface area (Å²) >= 11 is 0. The highest BCUT2D eigenvalue weighted by Gasteiger charge is 2.19. The molecule has 1 aromatic rings. The molecule has 2 N–H and O–H groups in total. The predicted molar refractivity (Wildman–Crippen MR) is 65.2 cm³/mol. The summed E-state index contributed by atoms with van der Waals surface area (Å²) in [4.78, 5) is 0. The second-order valence-corrected chi connectivity index (χ2v) is 4.55. The molecule has 3 heteroatoms. The first-order chi connectivity index (χ1) is 7.93. The number of piperidine rings is 1. The summed E-state index contributed by atoms with van der Waals surface area (Å²) in [6, 6.07) is 6.35. The van der Waals surface area contributed by atoms with Crippen LogP contribution in [0.2, 0.25) is 0 Å². The van der Waals surface area contributed by atoms with Gasteiger partial charge in [0.2, 0.25) is 0 Å². The van der Waals surface area contributed by atoms with Crippen LogP contribution in [-0.2, 0) is 6.42 Å². The summed E-state index contributed by atoms with van der Waals surface area (Å²) < 4.78 is 6.07. The summed E-state index contributed by atoms with van der Waals surface area (Å²) in [7, 11) is 0. The van der Waals surface area contributed by atoms with E-state index in [2.05, 4.69) is 28.8 Å². The molecule has 16 heavy (non-hydrogen) atoms. The predicted octanol–water partition coefficient (Wildman–Crippen LogP) is 1.79. The number of fused-ring (bicyclic) bond motifs is 1. The van der Waals surface area contributed by atoms with Gasteiger partial charge in [-0.05, 0) is 37.4 Å². The van der Waals surface area contributed by atoms with E-state index in [9.17, 15) is 0 Å². The van der Waals surface area contributed by atoms with Crippen molar-refractivity contribution in [2.24, 2.45) is 0 Å². The van der Waals surface area contributed by atoms with Crippen LogP contribution in [0.15, 0.2) is 18.2 Å². The topological polar surface area (TPSA) is 33.3 Å². The molecule has 2 aliphatic heterocycles. The van der Waals surface area contributed by atoms with Crippen LogP contribution < -0.4 is 15.4 Å². The summed E-state index contributed by atoms with van der Waals surface area (Å²) in [5.41, 5.74) is 2.61. The fourth-order valence-corrected chi connectivity index (χ4v) is 2.51. The van der Waals surface area contributed by atoms with E-state index in [4.69, 9.17) is 4.74 Å². The lowest BCUT2D eigenvalue weighted by atomic mass is 10.1. The second kappa shape index (κ2) is 4.34. The lowest BCUT2D eigenvalue weighted by Crippen LogP contribution is -2.37. The number of rotatable bonds is 2. The average Bonchev–Trinajstić information content (AvgIpc) is 2.80. The van der Waals surface area contributed by atoms with Crippen LogP contribution >= 0.6 is 0 Å². The summed E-state index contributed by atoms with van der Waals surface area (Å²) in [5.74, 6) is 1.03. The minimum absolute atomic E-state index is 0.336. The minimum atomic E-state index is 0.336. The van der Waals surface area contributed by atoms with Crippen molar-refractivity contribution < 1.29 is 4.74 Å². The van der Waals surface area contributed by atoms with Gasteiger partial charge >= 0.3 is 0 Å². The molecule has 0 bridgehead atoms. The Bertz CT molecular complexity index is 372. The molecule has 1 fully saturated rings. The molecule has 1 atom stereocenters. The number of nitrogens with one attached hydrogen (secondary N) is 2. The molecule has 0 spiro atoms. The van der Waals surface area contributed by atoms with Crippen molar-refractivity contribution in [2.45, 2.75) is 25.4 Å². The van der Waals surface area contributed by atoms with Gasteiger partial charge in [-0.25, -0.2) is 0 Å². The maximum absolute atomic E-state index is 6.07. The number of ether oxygens (including phenoxy) is 1. The Morgan fingerprint density at radius 2 is 2.25 bits per heavy atom. The summed E-state index contributed by atoms with van der Waals surface area (Å²) in [6.07, 6.45) is 3.84. The Labute approximate surface area is 96.2 Å². The molecule has 0 radical (unpaired) electrons. The number of anilines is 1. The second-order valence-electron chi connectivity index (χ2n) is 4.55. The standard InChI is InChI=1S/C13H18N2O/c1-3-10-6-8-15-13(10)12(5-1)16-11-4-2-7-14-9-11/h1,3,5,11,14-15H,2,4,6-9H2. The van der Waals surface area contributed by atoms with Gasteiger partial charge in [0.1, 0.15) is 11.9 Å². The number of hydrogen-bond acceptors (Lipinski definition) is 3. The van der Waals surface area contributed by atoms with E-state index >= 15 is 0 Å². The molecule has 1 unspecified atom stereocenters. The molecule has 0 amide bonds. The van der Waals surface area contributed by atoms with Gasteiger partial charge < -0.3 is 15.4 Å². The van der Waals surface area contributed by atoms with Crippen LogP contribution in [0.1, 0.15) is 18.4 Å². The Kier molecular flexibility index (Phi) is 2.70. The lowest BCUT2D eigenvalue weighted by Gasteiger charge is -2.25. The van der Waals surface area contributed by atoms with E-state index in [-0.39, 0.29) is 0 Å². The molecular formula is C13H18N2O. The SMILES string of the molecule is c1cc2c(c(OC3CCCNC3)c1)NCC2. The van der Waals surface area contributed by atoms with Gasteiger partial charge in [-0.15, -0.1) is 0 Å². The molecule has 3 rings (SSSR count). The Morgan fingerprint density at radius 1 is 1.25 bits per heavy atom. The van der Waals surface area contributed by atoms with Gasteiger partial charge in [0, 0.05) is 13.1 Å². The number of para-hydroxylation sites is 1. The highest BCUT2D eigenvalue weighted by atomic mass is 16.5. The third-order valence-corrected chi connectivity index (χ3v) is 3.35. The maximum atomic E-state index is 6.07. The smallest absolute Gasteiger partial charge is 0.143 e. The van der Waals surface area contributed by atoms with Crippen molar-refractivity contribution in [3.63, 3.8) is 0 Å². The van der Waals surface area contributed by atoms with Gasteiger partial charge in [0.05, 0.1) is 5.69 Å². The first kappa shape index (κ1) is 9.97. The molecule has 0 aliphatic carbocycles. The molecule has 0 aromatic heterocycles. The van der Waals surface area contributed by atoms with E-state index in [1.54, 1.807) is 0 Å². The van der Waals surface area contributed by atoms with Gasteiger partial charge in [0.25, 0.3) is 0 Å². The van der Waals surface area contributed by atoms with Crippen LogP contribution in [0.25, 0.3) is 0 Å². The first-order valence-electron chi connectivity index (χ1n) is 6.16. The quantitative estimate of drug-likeness (QED) is 0.794. The molecule has 1 aromatic carbocycles. The van der Waals surface area contributed by atoms with E-state index < -0.39 is 0 Å². The zero-order valence-electron chi connectivity index (χ0n) is 9.46. The Balaban J connectivity index is 1.76. The van der Waals surface area contributed by atoms with Crippen molar-refractivity contribution in [2.75, 3.05) is 25.0 Å². The fraction of sp³-hybridized carbons (Fsp3) is 0.538. The van der Waals surface area contributed by atoms with Crippen LogP contribution in [0, 0.1) is 0 Å². The number of hydrogen-bond donors (Lipinski definition) is 2. The summed E-state index contributed by atoms with van der Waals surface area (Å²) in [5, 5.41) is 6.79. The highest BCUT2D eigenvalue weighted by molar-refractivity contribution is 5.65. The molecule has 2 aliphatic rings. The van der Waals surface area contributed by atoms with E-state index in [0.717, 1.165) is 38.2 Å². The minimum Gasteiger partial charge on any atom is -0.487 e. The van der Waals surface area contributed by atoms with Crippen molar-refractivity contribution in [3.05, 3.63) is 23.8 Å². The van der Waals surface area contributed by atoms with Crippen molar-refractivity contribution in [1.29, 1.82) is 0 Å². The third kappa shape index (κ3) is 1.87. The molecule has 0 saturated carbocycles. The molecular weight excluding hydrogens is 200 g/mol. The molecule has 1 saturated heterocycles. The van der Waals surface area contributed by atoms with Crippen LogP contribution in [0.3, 0.4) is 0 Å². The van der Waals surface area contributed by atoms with E-state index in [1.807, 2.05) is 0 Å². The largest absolute Gasteiger partial charge is 0.487 e. The molecule has 3 nitrogen and oxygen atoms in total. The Hall–Kier alpha value is -1.22. The highest BCUT2D eigenvalue weighted by Crippen LogP contribution is 2.33. The van der Waals surface area contributed by atoms with E-state index in [0.29, 0.717) is 6.10 Å². The van der Waals surface area contributed by atoms with Gasteiger partial charge in [-0.1, -0.05) is 12.1 Å². The molecule has 86 valence electrons. The van der Waals surface area contributed by atoms with Crippen LogP contribution in [-0.4, -0.2) is 25.7 Å². The third-order valence-electron chi connectivity index (χ3n) is 3.35. The normalized spacial score (nSPS) is 23.6. The molecule has 2 heterocycles. The average molecular weight is 218 g/mol. The maximum Gasteiger partial charge on any atom is 0.143 e. The fourth-order valence-electron chi connectivity index (χ4n) is 2.51. The van der Waals surface area contributed by atoms with Crippen LogP contribution in [0.5, 0.6) is 5.75 Å². The van der Waals surface area contributed by atoms with Crippen LogP contribution in [0.4, 0.5) is 5.69 Å². The van der Waals surface area contributed by atoms with E-state index in [1.165, 1.54) is 17.7 Å². The van der Waals surface area contributed by atoms with Crippen molar-refractivity contribution in [3.8, 4) is 5.75 Å². The first-order valence-corrected chi connectivity index (χ1v) is 6.16. The van der Waals surface area contributed by atoms with Gasteiger partial charge in [0.15, 0.2) is 0 Å². The van der Waals surface area contributed by atoms with Gasteiger partial charge in [-0.2, -0.15) is 0 Å². The lowest BCUT2D eigenvalue weighted by molar-refractivity contribution is 0.168. The Morgan fingerprint density at radius 3 is 3.12 bits per heavy atom. The zero-order valence-corrected chi connectivity index (χ0v) is 9.46. The monoisotopic (exact) mass is 218 g/mol. The zero-order chi connectivity index (χ0) is 10.8. The van der Waals surface area contributed by atoms with Gasteiger partial charge in [-0.3, -0.25) is 0 Å². The van der Waals surface area contributed by atoms with Crippen molar-refractivity contribution >= 4 is 5.69 Å².